The highest BCUT2D eigenvalue weighted by atomic mass is 16.3. The maximum atomic E-state index is 12.7. The van der Waals surface area contributed by atoms with E-state index >= 15 is 0 Å². The smallest absolute Gasteiger partial charge is 0.251 e. The second-order valence-corrected chi connectivity index (χ2v) is 9.38. The Balaban J connectivity index is 1.50. The van der Waals surface area contributed by atoms with Gasteiger partial charge in [0.1, 0.15) is 11.5 Å². The van der Waals surface area contributed by atoms with Crippen molar-refractivity contribution in [2.45, 2.75) is 52.7 Å². The van der Waals surface area contributed by atoms with E-state index in [4.69, 9.17) is 0 Å². The molecule has 186 valence electrons. The molecule has 0 fully saturated rings. The summed E-state index contributed by atoms with van der Waals surface area (Å²) in [6, 6.07) is 16.1. The van der Waals surface area contributed by atoms with E-state index in [1.807, 2.05) is 31.2 Å². The largest absolute Gasteiger partial charge is 0.508 e. The number of aryl methyl sites for hydroxylation is 3. The zero-order valence-electron chi connectivity index (χ0n) is 20.9. The summed E-state index contributed by atoms with van der Waals surface area (Å²) in [5, 5.41) is 35.9. The molecular weight excluding hydrogens is 440 g/mol. The first-order chi connectivity index (χ1) is 16.6. The number of nitrogens with one attached hydrogen (secondary N) is 2. The van der Waals surface area contributed by atoms with Gasteiger partial charge in [0.2, 0.25) is 0 Å². The zero-order valence-corrected chi connectivity index (χ0v) is 20.9. The van der Waals surface area contributed by atoms with Gasteiger partial charge in [-0.15, -0.1) is 0 Å². The van der Waals surface area contributed by atoms with E-state index in [0.717, 1.165) is 12.0 Å². The van der Waals surface area contributed by atoms with Gasteiger partial charge in [0, 0.05) is 30.8 Å². The number of aromatic hydroxyl groups is 2. The van der Waals surface area contributed by atoms with Crippen molar-refractivity contribution in [2.24, 2.45) is 0 Å². The second kappa shape index (κ2) is 11.9. The molecular formula is C29H36N2O4. The third-order valence-corrected chi connectivity index (χ3v) is 6.33. The Hall–Kier alpha value is -3.35. The van der Waals surface area contributed by atoms with Gasteiger partial charge in [0.15, 0.2) is 0 Å². The van der Waals surface area contributed by atoms with Crippen LogP contribution in [0.5, 0.6) is 11.5 Å². The van der Waals surface area contributed by atoms with Gasteiger partial charge in [-0.3, -0.25) is 4.79 Å². The number of aliphatic hydroxyl groups is 1. The molecule has 0 saturated heterocycles. The van der Waals surface area contributed by atoms with Crippen molar-refractivity contribution < 1.29 is 20.1 Å². The van der Waals surface area contributed by atoms with Crippen molar-refractivity contribution in [1.29, 1.82) is 0 Å². The highest BCUT2D eigenvalue weighted by molar-refractivity contribution is 5.94. The number of aliphatic hydroxyl groups excluding tert-OH is 1. The van der Waals surface area contributed by atoms with Gasteiger partial charge in [-0.25, -0.2) is 0 Å². The quantitative estimate of drug-likeness (QED) is 0.301. The highest BCUT2D eigenvalue weighted by Crippen LogP contribution is 2.24. The van der Waals surface area contributed by atoms with Crippen molar-refractivity contribution >= 4 is 5.91 Å². The Kier molecular flexibility index (Phi) is 8.90. The van der Waals surface area contributed by atoms with E-state index in [2.05, 4.69) is 43.5 Å². The van der Waals surface area contributed by atoms with Gasteiger partial charge < -0.3 is 26.0 Å². The molecule has 0 heterocycles. The Morgan fingerprint density at radius 2 is 1.60 bits per heavy atom. The number of benzene rings is 3. The van der Waals surface area contributed by atoms with Crippen LogP contribution in [0.25, 0.3) is 0 Å². The molecule has 6 nitrogen and oxygen atoms in total. The second-order valence-electron chi connectivity index (χ2n) is 9.38. The van der Waals surface area contributed by atoms with Crippen molar-refractivity contribution in [3.63, 3.8) is 0 Å². The zero-order chi connectivity index (χ0) is 25.5. The van der Waals surface area contributed by atoms with Crippen LogP contribution < -0.4 is 10.6 Å². The lowest BCUT2D eigenvalue weighted by molar-refractivity contribution is 0.0954. The van der Waals surface area contributed by atoms with Gasteiger partial charge in [-0.1, -0.05) is 24.3 Å². The minimum absolute atomic E-state index is 0.0432. The number of carbonyl (C=O) groups excluding carboxylic acids is 1. The Bertz CT molecular complexity index is 1160. The summed E-state index contributed by atoms with van der Waals surface area (Å²) in [6.45, 7) is 9.17. The predicted molar refractivity (Wildman–Crippen MR) is 139 cm³/mol. The van der Waals surface area contributed by atoms with Crippen molar-refractivity contribution in [1.82, 2.24) is 10.6 Å². The minimum Gasteiger partial charge on any atom is -0.508 e. The number of hydrogen-bond acceptors (Lipinski definition) is 5. The summed E-state index contributed by atoms with van der Waals surface area (Å²) in [6.07, 6.45) is 0.605. The molecule has 1 amide bonds. The maximum absolute atomic E-state index is 12.7. The summed E-state index contributed by atoms with van der Waals surface area (Å²) >= 11 is 0. The summed E-state index contributed by atoms with van der Waals surface area (Å²) in [5.74, 6) is -0.273. The summed E-state index contributed by atoms with van der Waals surface area (Å²) in [4.78, 5) is 12.7. The molecule has 3 aromatic carbocycles. The fourth-order valence-electron chi connectivity index (χ4n) is 4.21. The summed E-state index contributed by atoms with van der Waals surface area (Å²) in [7, 11) is 0. The molecule has 3 rings (SSSR count). The average Bonchev–Trinajstić information content (AvgIpc) is 2.80. The molecule has 0 radical (unpaired) electrons. The Morgan fingerprint density at radius 1 is 0.914 bits per heavy atom. The van der Waals surface area contributed by atoms with Gasteiger partial charge in [-0.2, -0.15) is 0 Å². The van der Waals surface area contributed by atoms with E-state index in [0.29, 0.717) is 24.1 Å². The van der Waals surface area contributed by atoms with Crippen LogP contribution in [0.4, 0.5) is 0 Å². The minimum atomic E-state index is -0.867. The number of phenols is 2. The molecule has 0 bridgehead atoms. The molecule has 5 N–H and O–H groups in total. The molecule has 2 atom stereocenters. The van der Waals surface area contributed by atoms with Crippen LogP contribution in [0.2, 0.25) is 0 Å². The highest BCUT2D eigenvalue weighted by Gasteiger charge is 2.13. The van der Waals surface area contributed by atoms with Crippen LogP contribution in [0, 0.1) is 20.8 Å². The molecule has 2 unspecified atom stereocenters. The lowest BCUT2D eigenvalue weighted by Gasteiger charge is -2.18. The van der Waals surface area contributed by atoms with E-state index in [-0.39, 0.29) is 30.0 Å². The first kappa shape index (κ1) is 26.3. The number of hydrogen-bond donors (Lipinski definition) is 5. The van der Waals surface area contributed by atoms with Crippen LogP contribution >= 0.6 is 0 Å². The number of carbonyl (C=O) groups is 1. The number of rotatable bonds is 10. The lowest BCUT2D eigenvalue weighted by atomic mass is 9.99. The first-order valence-corrected chi connectivity index (χ1v) is 12.0. The Labute approximate surface area is 207 Å². The third-order valence-electron chi connectivity index (χ3n) is 6.33. The van der Waals surface area contributed by atoms with Gasteiger partial charge >= 0.3 is 0 Å². The molecule has 0 aliphatic heterocycles. The molecule has 6 heteroatoms. The fourth-order valence-corrected chi connectivity index (χ4v) is 4.21. The summed E-state index contributed by atoms with van der Waals surface area (Å²) < 4.78 is 0. The van der Waals surface area contributed by atoms with Gasteiger partial charge in [-0.05, 0) is 98.2 Å². The van der Waals surface area contributed by atoms with Crippen LogP contribution in [0.3, 0.4) is 0 Å². The van der Waals surface area contributed by atoms with Crippen LogP contribution in [0.1, 0.15) is 56.8 Å². The third kappa shape index (κ3) is 7.57. The van der Waals surface area contributed by atoms with Crippen molar-refractivity contribution in [3.05, 3.63) is 93.5 Å². The van der Waals surface area contributed by atoms with Crippen LogP contribution in [-0.4, -0.2) is 40.4 Å². The predicted octanol–water partition coefficient (Wildman–Crippen LogP) is 4.25. The van der Waals surface area contributed by atoms with E-state index in [9.17, 15) is 20.1 Å². The first-order valence-electron chi connectivity index (χ1n) is 12.0. The molecule has 0 saturated carbocycles. The SMILES string of the molecule is Cc1cc(C)c(CCNC(=O)c2cccc(CC(C)NCC(O)c3cc(O)cc(O)c3)c2)cc1C. The van der Waals surface area contributed by atoms with E-state index in [1.54, 1.807) is 0 Å². The van der Waals surface area contributed by atoms with Gasteiger partial charge in [0.25, 0.3) is 5.91 Å². The molecule has 0 aliphatic rings. The molecule has 0 aliphatic carbocycles. The normalized spacial score (nSPS) is 12.8. The van der Waals surface area contributed by atoms with Crippen molar-refractivity contribution in [2.75, 3.05) is 13.1 Å². The average molecular weight is 477 g/mol. The molecule has 35 heavy (non-hydrogen) atoms. The molecule has 0 aromatic heterocycles. The summed E-state index contributed by atoms with van der Waals surface area (Å²) in [5.41, 5.74) is 7.14. The van der Waals surface area contributed by atoms with Crippen molar-refractivity contribution in [3.8, 4) is 11.5 Å². The van der Waals surface area contributed by atoms with E-state index in [1.165, 1.54) is 40.5 Å². The van der Waals surface area contributed by atoms with Crippen LogP contribution in [-0.2, 0) is 12.8 Å². The fraction of sp³-hybridized carbons (Fsp3) is 0.345. The van der Waals surface area contributed by atoms with Gasteiger partial charge in [0.05, 0.1) is 6.10 Å². The molecule has 0 spiro atoms. The lowest BCUT2D eigenvalue weighted by Crippen LogP contribution is -2.32. The molecule has 3 aromatic rings. The van der Waals surface area contributed by atoms with Crippen LogP contribution in [0.15, 0.2) is 54.6 Å². The van der Waals surface area contributed by atoms with E-state index < -0.39 is 6.10 Å². The standard InChI is InChI=1S/C29H36N2O4/c1-18-10-20(3)23(11-19(18)2)8-9-30-29(35)24-7-5-6-22(13-24)12-21(4)31-17-28(34)25-14-26(32)16-27(33)15-25/h5-7,10-11,13-16,21,28,31-34H,8-9,12,17H2,1-4H3,(H,30,35). The maximum Gasteiger partial charge on any atom is 0.251 e. The number of phenolic OH excluding ortho intramolecular Hbond substituents is 2. The Morgan fingerprint density at radius 3 is 2.31 bits per heavy atom. The number of amides is 1. The monoisotopic (exact) mass is 476 g/mol. The topological polar surface area (TPSA) is 102 Å².